The lowest BCUT2D eigenvalue weighted by atomic mass is 10.3. The van der Waals surface area contributed by atoms with Crippen LogP contribution in [-0.4, -0.2) is 16.2 Å². The lowest BCUT2D eigenvalue weighted by Crippen LogP contribution is -1.91. The van der Waals surface area contributed by atoms with Gasteiger partial charge in [-0.05, 0) is 19.1 Å². The molecule has 0 saturated heterocycles. The van der Waals surface area contributed by atoms with Crippen LogP contribution in [0, 0.1) is 6.33 Å². The molecule has 1 heterocycles. The molecule has 0 atom stereocenters. The van der Waals surface area contributed by atoms with Crippen molar-refractivity contribution >= 4 is 11.0 Å². The number of ether oxygens (including phenoxy) is 1. The Morgan fingerprint density at radius 1 is 1.54 bits per heavy atom. The molecule has 0 N–H and O–H groups in total. The van der Waals surface area contributed by atoms with E-state index in [-0.39, 0.29) is 0 Å². The second-order valence-electron chi connectivity index (χ2n) is 2.85. The summed E-state index contributed by atoms with van der Waals surface area (Å²) in [7, 11) is 1.92. The van der Waals surface area contributed by atoms with Crippen LogP contribution in [0.5, 0.6) is 5.75 Å². The maximum Gasteiger partial charge on any atom is 0.177 e. The first kappa shape index (κ1) is 8.10. The number of rotatable bonds is 2. The first-order valence-electron chi connectivity index (χ1n) is 4.28. The van der Waals surface area contributed by atoms with Crippen molar-refractivity contribution in [3.8, 4) is 5.75 Å². The second-order valence-corrected chi connectivity index (χ2v) is 2.85. The number of fused-ring (bicyclic) bond motifs is 1. The average Bonchev–Trinajstić information content (AvgIpc) is 2.49. The van der Waals surface area contributed by atoms with Crippen molar-refractivity contribution in [1.82, 2.24) is 9.55 Å². The van der Waals surface area contributed by atoms with Gasteiger partial charge in [0, 0.05) is 13.1 Å². The summed E-state index contributed by atoms with van der Waals surface area (Å²) in [6.07, 6.45) is 2.86. The lowest BCUT2D eigenvalue weighted by molar-refractivity contribution is 0.340. The summed E-state index contributed by atoms with van der Waals surface area (Å²) in [5.41, 5.74) is 2.00. The van der Waals surface area contributed by atoms with Crippen LogP contribution in [0.2, 0.25) is 0 Å². The maximum atomic E-state index is 5.38. The van der Waals surface area contributed by atoms with E-state index in [2.05, 4.69) is 11.3 Å². The SMILES string of the molecule is CCOc1ccc2n[c]n(C)c2c1. The van der Waals surface area contributed by atoms with Crippen LogP contribution in [0.1, 0.15) is 6.92 Å². The van der Waals surface area contributed by atoms with Crippen molar-refractivity contribution in [2.24, 2.45) is 7.05 Å². The highest BCUT2D eigenvalue weighted by atomic mass is 16.5. The molecule has 3 nitrogen and oxygen atoms in total. The molecule has 0 unspecified atom stereocenters. The number of aromatic nitrogens is 2. The van der Waals surface area contributed by atoms with Crippen LogP contribution in [0.4, 0.5) is 0 Å². The fourth-order valence-electron chi connectivity index (χ4n) is 1.31. The molecule has 0 aliphatic heterocycles. The third-order valence-electron chi connectivity index (χ3n) is 1.94. The van der Waals surface area contributed by atoms with Crippen LogP contribution in [-0.2, 0) is 7.05 Å². The number of hydrogen-bond donors (Lipinski definition) is 0. The third-order valence-corrected chi connectivity index (χ3v) is 1.94. The molecule has 2 aromatic rings. The van der Waals surface area contributed by atoms with Gasteiger partial charge in [-0.15, -0.1) is 0 Å². The molecule has 3 heteroatoms. The number of aryl methyl sites for hydroxylation is 1. The van der Waals surface area contributed by atoms with Crippen molar-refractivity contribution in [2.45, 2.75) is 6.92 Å². The van der Waals surface area contributed by atoms with Gasteiger partial charge in [-0.25, -0.2) is 4.98 Å². The topological polar surface area (TPSA) is 27.1 Å². The summed E-state index contributed by atoms with van der Waals surface area (Å²) in [6.45, 7) is 2.66. The normalized spacial score (nSPS) is 10.6. The summed E-state index contributed by atoms with van der Waals surface area (Å²) in [6, 6.07) is 5.84. The minimum atomic E-state index is 0.688. The van der Waals surface area contributed by atoms with E-state index in [1.165, 1.54) is 0 Å². The molecule has 0 saturated carbocycles. The molecule has 0 spiro atoms. The second kappa shape index (κ2) is 3.09. The van der Waals surface area contributed by atoms with Gasteiger partial charge in [0.15, 0.2) is 6.33 Å². The van der Waals surface area contributed by atoms with E-state index in [9.17, 15) is 0 Å². The largest absolute Gasteiger partial charge is 0.494 e. The van der Waals surface area contributed by atoms with Crippen molar-refractivity contribution < 1.29 is 4.74 Å². The van der Waals surface area contributed by atoms with Crippen molar-refractivity contribution in [1.29, 1.82) is 0 Å². The smallest absolute Gasteiger partial charge is 0.177 e. The predicted octanol–water partition coefficient (Wildman–Crippen LogP) is 1.77. The quantitative estimate of drug-likeness (QED) is 0.695. The Kier molecular flexibility index (Phi) is 1.93. The fraction of sp³-hybridized carbons (Fsp3) is 0.300. The summed E-state index contributed by atoms with van der Waals surface area (Å²) in [5, 5.41) is 0. The fourth-order valence-corrected chi connectivity index (χ4v) is 1.31. The predicted molar refractivity (Wildman–Crippen MR) is 50.7 cm³/mol. The van der Waals surface area contributed by atoms with E-state index in [1.54, 1.807) is 0 Å². The summed E-state index contributed by atoms with van der Waals surface area (Å²) >= 11 is 0. The van der Waals surface area contributed by atoms with Gasteiger partial charge in [0.2, 0.25) is 0 Å². The van der Waals surface area contributed by atoms with E-state index >= 15 is 0 Å². The van der Waals surface area contributed by atoms with E-state index in [4.69, 9.17) is 4.74 Å². The van der Waals surface area contributed by atoms with E-state index in [0.717, 1.165) is 16.8 Å². The van der Waals surface area contributed by atoms with Crippen LogP contribution in [0.15, 0.2) is 18.2 Å². The molecule has 0 aliphatic rings. The zero-order valence-electron chi connectivity index (χ0n) is 7.74. The van der Waals surface area contributed by atoms with Gasteiger partial charge in [-0.2, -0.15) is 0 Å². The molecule has 67 valence electrons. The molecule has 1 aromatic heterocycles. The summed E-state index contributed by atoms with van der Waals surface area (Å²) in [4.78, 5) is 4.10. The van der Waals surface area contributed by atoms with Gasteiger partial charge < -0.3 is 9.30 Å². The van der Waals surface area contributed by atoms with Gasteiger partial charge >= 0.3 is 0 Å². The Hall–Kier alpha value is -1.51. The number of hydrogen-bond acceptors (Lipinski definition) is 2. The van der Waals surface area contributed by atoms with E-state index in [0.29, 0.717) is 6.61 Å². The van der Waals surface area contributed by atoms with Gasteiger partial charge in [0.1, 0.15) is 5.75 Å². The van der Waals surface area contributed by atoms with Crippen LogP contribution in [0.3, 0.4) is 0 Å². The van der Waals surface area contributed by atoms with Gasteiger partial charge in [0.25, 0.3) is 0 Å². The maximum absolute atomic E-state index is 5.38. The Morgan fingerprint density at radius 2 is 2.38 bits per heavy atom. The highest BCUT2D eigenvalue weighted by Crippen LogP contribution is 2.18. The number of imidazole rings is 1. The number of nitrogens with zero attached hydrogens (tertiary/aromatic N) is 2. The molecule has 0 fully saturated rings. The van der Waals surface area contributed by atoms with Crippen molar-refractivity contribution in [3.05, 3.63) is 24.5 Å². The minimum absolute atomic E-state index is 0.688. The van der Waals surface area contributed by atoms with Crippen LogP contribution >= 0.6 is 0 Å². The first-order valence-corrected chi connectivity index (χ1v) is 4.28. The first-order chi connectivity index (χ1) is 6.31. The average molecular weight is 175 g/mol. The van der Waals surface area contributed by atoms with E-state index < -0.39 is 0 Å². The highest BCUT2D eigenvalue weighted by Gasteiger charge is 2.01. The zero-order valence-corrected chi connectivity index (χ0v) is 7.74. The molecule has 0 aliphatic carbocycles. The Balaban J connectivity index is 2.53. The lowest BCUT2D eigenvalue weighted by Gasteiger charge is -2.02. The molecule has 0 amide bonds. The monoisotopic (exact) mass is 175 g/mol. The van der Waals surface area contributed by atoms with Crippen LogP contribution < -0.4 is 4.74 Å². The Morgan fingerprint density at radius 3 is 3.15 bits per heavy atom. The molecule has 1 aromatic carbocycles. The third kappa shape index (κ3) is 1.37. The molecular formula is C10H11N2O. The molecule has 2 rings (SSSR count). The van der Waals surface area contributed by atoms with Gasteiger partial charge in [-0.1, -0.05) is 0 Å². The highest BCUT2D eigenvalue weighted by molar-refractivity contribution is 5.76. The summed E-state index contributed by atoms with van der Waals surface area (Å²) in [5.74, 6) is 0.881. The van der Waals surface area contributed by atoms with E-state index in [1.807, 2.05) is 36.7 Å². The Labute approximate surface area is 77.0 Å². The molecule has 1 radical (unpaired) electrons. The van der Waals surface area contributed by atoms with Gasteiger partial charge in [0.05, 0.1) is 17.6 Å². The zero-order chi connectivity index (χ0) is 9.26. The van der Waals surface area contributed by atoms with Crippen molar-refractivity contribution in [2.75, 3.05) is 6.61 Å². The summed E-state index contributed by atoms with van der Waals surface area (Å²) < 4.78 is 7.24. The number of benzene rings is 1. The minimum Gasteiger partial charge on any atom is -0.494 e. The standard InChI is InChI=1S/C10H11N2O/c1-3-13-8-4-5-9-10(6-8)12(2)7-11-9/h4-6H,3H2,1-2H3. The molecule has 0 bridgehead atoms. The Bertz CT molecular complexity index is 420. The van der Waals surface area contributed by atoms with Crippen LogP contribution in [0.25, 0.3) is 11.0 Å². The van der Waals surface area contributed by atoms with Crippen molar-refractivity contribution in [3.63, 3.8) is 0 Å². The van der Waals surface area contributed by atoms with Gasteiger partial charge in [-0.3, -0.25) is 0 Å². The molecular weight excluding hydrogens is 164 g/mol. The molecule has 13 heavy (non-hydrogen) atoms.